The highest BCUT2D eigenvalue weighted by atomic mass is 14.3. The summed E-state index contributed by atoms with van der Waals surface area (Å²) in [5.41, 5.74) is 5.97. The van der Waals surface area contributed by atoms with Crippen LogP contribution in [0.5, 0.6) is 0 Å². The van der Waals surface area contributed by atoms with E-state index in [0.717, 1.165) is 0 Å². The van der Waals surface area contributed by atoms with Crippen molar-refractivity contribution in [1.29, 1.82) is 0 Å². The fourth-order valence-corrected chi connectivity index (χ4v) is 9.19. The monoisotopic (exact) mass is 728 g/mol. The van der Waals surface area contributed by atoms with E-state index in [1.165, 1.54) is 108 Å². The minimum atomic E-state index is 0.0830. The molecule has 0 aliphatic carbocycles. The topological polar surface area (TPSA) is 0 Å². The van der Waals surface area contributed by atoms with Gasteiger partial charge >= 0.3 is 0 Å². The number of fused-ring (bicyclic) bond motifs is 4. The first-order valence-electron chi connectivity index (χ1n) is 20.6. The molecule has 0 heteroatoms. The van der Waals surface area contributed by atoms with Crippen molar-refractivity contribution in [2.45, 2.75) is 105 Å². The molecule has 0 radical (unpaired) electrons. The Hall–Kier alpha value is -5.20. The lowest BCUT2D eigenvalue weighted by atomic mass is 9.76. The third-order valence-electron chi connectivity index (χ3n) is 12.5. The highest BCUT2D eigenvalue weighted by Gasteiger charge is 2.26. The normalized spacial score (nSPS) is 13.4. The number of hydrogen-bond acceptors (Lipinski definition) is 0. The van der Waals surface area contributed by atoms with Gasteiger partial charge in [0.05, 0.1) is 0 Å². The molecule has 0 N–H and O–H groups in total. The van der Waals surface area contributed by atoms with Crippen LogP contribution in [0.1, 0.15) is 105 Å². The van der Waals surface area contributed by atoms with E-state index >= 15 is 0 Å². The first-order valence-corrected chi connectivity index (χ1v) is 20.6. The van der Waals surface area contributed by atoms with Gasteiger partial charge in [0.15, 0.2) is 0 Å². The molecule has 10 aromatic rings. The van der Waals surface area contributed by atoms with Crippen molar-refractivity contribution in [3.63, 3.8) is 0 Å². The molecule has 10 rings (SSSR count). The van der Waals surface area contributed by atoms with Crippen LogP contribution in [-0.2, 0) is 21.7 Å². The number of hydrogen-bond donors (Lipinski definition) is 0. The first-order chi connectivity index (χ1) is 26.3. The molecule has 280 valence electrons. The number of rotatable bonds is 0. The fourth-order valence-electron chi connectivity index (χ4n) is 9.19. The second-order valence-corrected chi connectivity index (χ2v) is 20.7. The number of benzene rings is 10. The molecule has 0 aliphatic heterocycles. The maximum absolute atomic E-state index is 2.49. The van der Waals surface area contributed by atoms with E-state index in [1.54, 1.807) is 0 Å². The Morgan fingerprint density at radius 3 is 0.661 bits per heavy atom. The van der Waals surface area contributed by atoms with Gasteiger partial charge in [-0.3, -0.25) is 0 Å². The molecule has 0 aliphatic rings. The van der Waals surface area contributed by atoms with Gasteiger partial charge in [0.1, 0.15) is 0 Å². The zero-order chi connectivity index (χ0) is 39.7. The Morgan fingerprint density at radius 2 is 0.446 bits per heavy atom. The van der Waals surface area contributed by atoms with Crippen molar-refractivity contribution in [1.82, 2.24) is 0 Å². The predicted molar refractivity (Wildman–Crippen MR) is 250 cm³/mol. The van der Waals surface area contributed by atoms with Crippen LogP contribution in [0.25, 0.3) is 86.2 Å². The van der Waals surface area contributed by atoms with E-state index < -0.39 is 0 Å². The Morgan fingerprint density at radius 1 is 0.232 bits per heavy atom. The van der Waals surface area contributed by atoms with Crippen LogP contribution in [0, 0.1) is 0 Å². The molecule has 10 aromatic carbocycles. The van der Waals surface area contributed by atoms with Crippen molar-refractivity contribution in [3.05, 3.63) is 144 Å². The molecule has 0 saturated heterocycles. The van der Waals surface area contributed by atoms with Gasteiger partial charge in [-0.25, -0.2) is 0 Å². The molecule has 0 atom stereocenters. The molecule has 0 saturated carbocycles. The van der Waals surface area contributed by atoms with Crippen LogP contribution in [0.4, 0.5) is 0 Å². The Balaban J connectivity index is 0.000000171. The zero-order valence-electron chi connectivity index (χ0n) is 35.5. The van der Waals surface area contributed by atoms with Crippen molar-refractivity contribution < 1.29 is 0 Å². The summed E-state index contributed by atoms with van der Waals surface area (Å²) in [5.74, 6) is 0. The van der Waals surface area contributed by atoms with E-state index in [2.05, 4.69) is 204 Å². The van der Waals surface area contributed by atoms with E-state index in [0.29, 0.717) is 0 Å². The van der Waals surface area contributed by atoms with E-state index in [1.807, 2.05) is 0 Å². The largest absolute Gasteiger partial charge is 0.0610 e. The average Bonchev–Trinajstić information content (AvgIpc) is 3.13. The lowest BCUT2D eigenvalue weighted by molar-refractivity contribution is 0.589. The highest BCUT2D eigenvalue weighted by Crippen LogP contribution is 2.47. The van der Waals surface area contributed by atoms with E-state index in [9.17, 15) is 0 Å². The Kier molecular flexibility index (Phi) is 7.91. The Labute approximate surface area is 333 Å². The van der Waals surface area contributed by atoms with Gasteiger partial charge in [0, 0.05) is 0 Å². The maximum atomic E-state index is 2.49. The SMILES string of the molecule is CC(C)(C)c1cc2cc(C(C)(C)C)cc3c4cc(C(C)(C)C)cc5cc(C(C)(C)C)cc(c(c1)c23)c54.c1cc2cccc3c4cccc5cccc(c(c1)c23)c54. The van der Waals surface area contributed by atoms with Gasteiger partial charge in [0.2, 0.25) is 0 Å². The second kappa shape index (κ2) is 12.1. The fraction of sp³-hybridized carbons (Fsp3) is 0.286. The maximum Gasteiger partial charge on any atom is -0.00260 e. The molecule has 0 aromatic heterocycles. The minimum absolute atomic E-state index is 0.0830. The highest BCUT2D eigenvalue weighted by molar-refractivity contribution is 6.34. The van der Waals surface area contributed by atoms with Crippen LogP contribution >= 0.6 is 0 Å². The van der Waals surface area contributed by atoms with Crippen LogP contribution in [0.3, 0.4) is 0 Å². The van der Waals surface area contributed by atoms with E-state index in [4.69, 9.17) is 0 Å². The Bertz CT molecular complexity index is 2730. The van der Waals surface area contributed by atoms with Gasteiger partial charge < -0.3 is 0 Å². The summed E-state index contributed by atoms with van der Waals surface area (Å²) >= 11 is 0. The molecule has 0 amide bonds. The smallest absolute Gasteiger partial charge is 0.00260 e. The summed E-state index contributed by atoms with van der Waals surface area (Å²) in [7, 11) is 0. The molecule has 0 heterocycles. The lowest BCUT2D eigenvalue weighted by Crippen LogP contribution is -2.14. The van der Waals surface area contributed by atoms with Gasteiger partial charge in [-0.2, -0.15) is 0 Å². The lowest BCUT2D eigenvalue weighted by Gasteiger charge is -2.28. The van der Waals surface area contributed by atoms with Crippen LogP contribution in [0.2, 0.25) is 0 Å². The van der Waals surface area contributed by atoms with Crippen molar-refractivity contribution in [3.8, 4) is 0 Å². The predicted octanol–water partition coefficient (Wildman–Crippen LogP) is 16.7. The van der Waals surface area contributed by atoms with Crippen molar-refractivity contribution in [2.24, 2.45) is 0 Å². The summed E-state index contributed by atoms with van der Waals surface area (Å²) in [6.45, 7) is 28.0. The molecule has 56 heavy (non-hydrogen) atoms. The summed E-state index contributed by atoms with van der Waals surface area (Å²) in [5, 5.41) is 22.1. The molecule has 0 unspecified atom stereocenters. The van der Waals surface area contributed by atoms with Gasteiger partial charge in [-0.15, -0.1) is 0 Å². The van der Waals surface area contributed by atoms with Gasteiger partial charge in [0.25, 0.3) is 0 Å². The molecular formula is C56H56. The molecule has 0 fully saturated rings. The summed E-state index contributed by atoms with van der Waals surface area (Å²) in [6, 6.07) is 46.2. The van der Waals surface area contributed by atoms with Crippen molar-refractivity contribution >= 4 is 86.2 Å². The van der Waals surface area contributed by atoms with E-state index in [-0.39, 0.29) is 21.7 Å². The van der Waals surface area contributed by atoms with Crippen LogP contribution < -0.4 is 0 Å². The molecular weight excluding hydrogens is 673 g/mol. The standard InChI is InChI=1S/C36H44.C20H12/c1-33(2,3)23-13-21-14-24(34(4,5)6)19-29-30-20-26(36(10,11)12)16-22-15-25(35(7,8)9)18-28(32(22)30)27(17-23)31(21)29;1-5-13-6-2-11-17-18-12-4-8-14-7-3-10-16(20(14)18)15(9-1)19(13)17/h13-20H,1-12H3;1-12H. The third-order valence-corrected chi connectivity index (χ3v) is 12.5. The quantitative estimate of drug-likeness (QED) is 0.108. The third kappa shape index (κ3) is 5.79. The molecule has 0 bridgehead atoms. The average molecular weight is 729 g/mol. The summed E-state index contributed by atoms with van der Waals surface area (Å²) < 4.78 is 0. The summed E-state index contributed by atoms with van der Waals surface area (Å²) in [6.07, 6.45) is 0. The first kappa shape index (κ1) is 36.4. The summed E-state index contributed by atoms with van der Waals surface area (Å²) in [4.78, 5) is 0. The van der Waals surface area contributed by atoms with Crippen LogP contribution in [0.15, 0.2) is 121 Å². The minimum Gasteiger partial charge on any atom is -0.0610 e. The second-order valence-electron chi connectivity index (χ2n) is 20.7. The van der Waals surface area contributed by atoms with Crippen LogP contribution in [-0.4, -0.2) is 0 Å². The zero-order valence-corrected chi connectivity index (χ0v) is 35.5. The van der Waals surface area contributed by atoms with Gasteiger partial charge in [-0.1, -0.05) is 180 Å². The van der Waals surface area contributed by atoms with Gasteiger partial charge in [-0.05, 0) is 154 Å². The molecule has 0 spiro atoms. The molecule has 0 nitrogen and oxygen atoms in total. The van der Waals surface area contributed by atoms with Crippen molar-refractivity contribution in [2.75, 3.05) is 0 Å².